The van der Waals surface area contributed by atoms with Crippen LogP contribution in [0, 0.1) is 11.8 Å². The Labute approximate surface area is 179 Å². The zero-order chi connectivity index (χ0) is 22.1. The molecule has 1 amide bonds. The lowest BCUT2D eigenvalue weighted by Crippen LogP contribution is -2.36. The van der Waals surface area contributed by atoms with Gasteiger partial charge in [0, 0.05) is 30.7 Å². The highest BCUT2D eigenvalue weighted by Gasteiger charge is 2.52. The van der Waals surface area contributed by atoms with E-state index in [1.165, 1.54) is 18.2 Å². The summed E-state index contributed by atoms with van der Waals surface area (Å²) in [6.07, 6.45) is 5.21. The maximum Gasteiger partial charge on any atom is 0.345 e. The Morgan fingerprint density at radius 3 is 2.80 bits per heavy atom. The van der Waals surface area contributed by atoms with Gasteiger partial charge in [-0.25, -0.2) is 4.79 Å². The summed E-state index contributed by atoms with van der Waals surface area (Å²) in [7, 11) is 0. The number of aryl methyl sites for hydroxylation is 1. The fourth-order valence-corrected chi connectivity index (χ4v) is 4.07. The average molecular weight is 440 g/mol. The molecule has 2 heterocycles. The number of halogens is 2. The Hall–Kier alpha value is -2.24. The van der Waals surface area contributed by atoms with Crippen molar-refractivity contribution in [1.29, 1.82) is 0 Å². The molecule has 0 aliphatic carbocycles. The standard InChI is InChI=1S/C22H27F2NO4S/c1-2-3-4-5-6-8-17(26)11-10-16-15-22(23,24)21(29)25(16)14-7-9-18-12-13-19(30-18)20(27)28/h10-13,16-17,26H,2-3,6-9,14-15H2,1H3,(H,27,28)/t16-,17-/m0/s1. The third kappa shape index (κ3) is 6.92. The predicted octanol–water partition coefficient (Wildman–Crippen LogP) is 4.12. The molecule has 2 N–H and O–H groups in total. The van der Waals surface area contributed by atoms with Crippen molar-refractivity contribution in [3.05, 3.63) is 34.0 Å². The first-order valence-corrected chi connectivity index (χ1v) is 10.9. The molecule has 0 radical (unpaired) electrons. The minimum absolute atomic E-state index is 0.141. The van der Waals surface area contributed by atoms with Gasteiger partial charge in [0.05, 0.1) is 12.1 Å². The van der Waals surface area contributed by atoms with Crippen molar-refractivity contribution in [3.8, 4) is 11.8 Å². The normalized spacial score (nSPS) is 19.1. The quantitative estimate of drug-likeness (QED) is 0.425. The fraction of sp³-hybridized carbons (Fsp3) is 0.545. The Balaban J connectivity index is 1.90. The highest BCUT2D eigenvalue weighted by atomic mass is 32.1. The maximum absolute atomic E-state index is 14.0. The van der Waals surface area contributed by atoms with E-state index in [4.69, 9.17) is 5.11 Å². The van der Waals surface area contributed by atoms with E-state index in [-0.39, 0.29) is 11.4 Å². The minimum Gasteiger partial charge on any atom is -0.477 e. The van der Waals surface area contributed by atoms with Crippen LogP contribution in [0.5, 0.6) is 0 Å². The molecule has 8 heteroatoms. The Morgan fingerprint density at radius 2 is 2.13 bits per heavy atom. The maximum atomic E-state index is 14.0. The number of amides is 1. The van der Waals surface area contributed by atoms with Crippen LogP contribution < -0.4 is 0 Å². The second kappa shape index (κ2) is 11.2. The molecule has 1 aliphatic rings. The van der Waals surface area contributed by atoms with Crippen LogP contribution in [-0.2, 0) is 11.2 Å². The number of carbonyl (C=O) groups excluding carboxylic acids is 1. The highest BCUT2D eigenvalue weighted by molar-refractivity contribution is 7.13. The number of aromatic carboxylic acids is 1. The molecule has 1 aromatic heterocycles. The van der Waals surface area contributed by atoms with Gasteiger partial charge in [0.1, 0.15) is 4.88 Å². The number of hydrogen-bond donors (Lipinski definition) is 2. The van der Waals surface area contributed by atoms with Gasteiger partial charge in [-0.15, -0.1) is 23.2 Å². The summed E-state index contributed by atoms with van der Waals surface area (Å²) in [4.78, 5) is 25.2. The van der Waals surface area contributed by atoms with Gasteiger partial charge >= 0.3 is 11.9 Å². The van der Waals surface area contributed by atoms with Crippen LogP contribution in [-0.4, -0.2) is 51.6 Å². The van der Waals surface area contributed by atoms with Crippen LogP contribution in [0.25, 0.3) is 0 Å². The zero-order valence-electron chi connectivity index (χ0n) is 16.9. The number of rotatable bonds is 10. The molecule has 0 unspecified atom stereocenters. The van der Waals surface area contributed by atoms with Crippen LogP contribution in [0.2, 0.25) is 0 Å². The smallest absolute Gasteiger partial charge is 0.345 e. The number of carboxylic acids is 1. The van der Waals surface area contributed by atoms with Crippen molar-refractivity contribution in [3.63, 3.8) is 0 Å². The van der Waals surface area contributed by atoms with Crippen molar-refractivity contribution in [2.45, 2.75) is 69.9 Å². The van der Waals surface area contributed by atoms with Gasteiger partial charge in [-0.1, -0.05) is 19.1 Å². The third-order valence-electron chi connectivity index (χ3n) is 4.75. The van der Waals surface area contributed by atoms with E-state index in [1.54, 1.807) is 6.07 Å². The van der Waals surface area contributed by atoms with E-state index in [1.807, 2.05) is 6.92 Å². The van der Waals surface area contributed by atoms with Crippen molar-refractivity contribution in [2.75, 3.05) is 6.54 Å². The number of nitrogens with zero attached hydrogens (tertiary/aromatic N) is 1. The molecular formula is C22H27F2NO4S. The van der Waals surface area contributed by atoms with E-state index in [0.29, 0.717) is 25.7 Å². The van der Waals surface area contributed by atoms with Gasteiger partial charge in [0.25, 0.3) is 5.91 Å². The Kier molecular flexibility index (Phi) is 9.00. The number of aliphatic hydroxyl groups is 1. The van der Waals surface area contributed by atoms with Crippen molar-refractivity contribution >= 4 is 23.2 Å². The summed E-state index contributed by atoms with van der Waals surface area (Å²) in [6, 6.07) is 2.44. The van der Waals surface area contributed by atoms with E-state index >= 15 is 0 Å². The van der Waals surface area contributed by atoms with E-state index < -0.39 is 36.4 Å². The first-order valence-electron chi connectivity index (χ1n) is 10.1. The molecule has 1 saturated heterocycles. The molecule has 0 saturated carbocycles. The number of carboxylic acid groups (broad SMARTS) is 1. The Morgan fingerprint density at radius 1 is 1.40 bits per heavy atom. The van der Waals surface area contributed by atoms with E-state index in [9.17, 15) is 23.5 Å². The van der Waals surface area contributed by atoms with Crippen LogP contribution >= 0.6 is 11.3 Å². The van der Waals surface area contributed by atoms with Gasteiger partial charge in [0.2, 0.25) is 0 Å². The first-order chi connectivity index (χ1) is 14.2. The molecule has 5 nitrogen and oxygen atoms in total. The van der Waals surface area contributed by atoms with Crippen LogP contribution in [0.4, 0.5) is 8.78 Å². The highest BCUT2D eigenvalue weighted by Crippen LogP contribution is 2.34. The average Bonchev–Trinajstić information content (AvgIpc) is 3.24. The van der Waals surface area contributed by atoms with E-state index in [2.05, 4.69) is 11.8 Å². The van der Waals surface area contributed by atoms with Gasteiger partial charge in [-0.2, -0.15) is 8.78 Å². The number of carbonyl (C=O) groups is 2. The Bertz CT molecular complexity index is 825. The SMILES string of the molecule is CCCC#CCC[C@H](O)C=C[C@H]1CC(F)(F)C(=O)N1CCCc1ccc(C(=O)O)s1. The van der Waals surface area contributed by atoms with Gasteiger partial charge in [-0.05, 0) is 37.8 Å². The van der Waals surface area contributed by atoms with Crippen LogP contribution in [0.3, 0.4) is 0 Å². The molecule has 1 aromatic rings. The van der Waals surface area contributed by atoms with Gasteiger partial charge in [0.15, 0.2) is 0 Å². The summed E-state index contributed by atoms with van der Waals surface area (Å²) in [5.74, 6) is 0.338. The number of aliphatic hydroxyl groups excluding tert-OH is 1. The fourth-order valence-electron chi connectivity index (χ4n) is 3.19. The molecule has 0 bridgehead atoms. The minimum atomic E-state index is -3.41. The van der Waals surface area contributed by atoms with Crippen molar-refractivity contribution in [1.82, 2.24) is 4.90 Å². The second-order valence-corrected chi connectivity index (χ2v) is 8.41. The molecule has 0 aromatic carbocycles. The van der Waals surface area contributed by atoms with Crippen molar-refractivity contribution < 1.29 is 28.6 Å². The monoisotopic (exact) mass is 439 g/mol. The first kappa shape index (κ1) is 24.0. The molecule has 0 spiro atoms. The lowest BCUT2D eigenvalue weighted by Gasteiger charge is -2.21. The number of alkyl halides is 2. The third-order valence-corrected chi connectivity index (χ3v) is 5.89. The molecule has 2 atom stereocenters. The van der Waals surface area contributed by atoms with Crippen LogP contribution in [0.15, 0.2) is 24.3 Å². The predicted molar refractivity (Wildman–Crippen MR) is 112 cm³/mol. The summed E-state index contributed by atoms with van der Waals surface area (Å²) in [5.41, 5.74) is 0. The van der Waals surface area contributed by atoms with Crippen LogP contribution in [0.1, 0.15) is 60.0 Å². The number of likely N-dealkylation sites (tertiary alicyclic amines) is 1. The number of hydrogen-bond acceptors (Lipinski definition) is 4. The number of unbranched alkanes of at least 4 members (excludes halogenated alkanes) is 1. The molecule has 2 rings (SSSR count). The zero-order valence-corrected chi connectivity index (χ0v) is 17.8. The summed E-state index contributed by atoms with van der Waals surface area (Å²) in [5, 5.41) is 19.0. The summed E-state index contributed by atoms with van der Waals surface area (Å²) in [6.45, 7) is 2.17. The van der Waals surface area contributed by atoms with E-state index in [0.717, 1.165) is 34.0 Å². The van der Waals surface area contributed by atoms with Gasteiger partial charge in [-0.3, -0.25) is 4.79 Å². The molecule has 30 heavy (non-hydrogen) atoms. The topological polar surface area (TPSA) is 77.8 Å². The lowest BCUT2D eigenvalue weighted by molar-refractivity contribution is -0.148. The second-order valence-electron chi connectivity index (χ2n) is 7.24. The molecular weight excluding hydrogens is 412 g/mol. The number of thiophene rings is 1. The summed E-state index contributed by atoms with van der Waals surface area (Å²) >= 11 is 1.14. The lowest BCUT2D eigenvalue weighted by atomic mass is 10.1. The molecule has 1 fully saturated rings. The largest absolute Gasteiger partial charge is 0.477 e. The van der Waals surface area contributed by atoms with Gasteiger partial charge < -0.3 is 15.1 Å². The summed E-state index contributed by atoms with van der Waals surface area (Å²) < 4.78 is 27.9. The molecule has 1 aliphatic heterocycles. The molecule has 164 valence electrons. The van der Waals surface area contributed by atoms with Crippen molar-refractivity contribution in [2.24, 2.45) is 0 Å².